The van der Waals surface area contributed by atoms with Gasteiger partial charge in [-0.1, -0.05) is 31.2 Å². The van der Waals surface area contributed by atoms with Gasteiger partial charge in [-0.25, -0.2) is 0 Å². The lowest BCUT2D eigenvalue weighted by Gasteiger charge is -2.26. The molecule has 170 valence electrons. The van der Waals surface area contributed by atoms with Crippen LogP contribution < -0.4 is 4.74 Å². The molecule has 1 heterocycles. The van der Waals surface area contributed by atoms with E-state index in [1.165, 1.54) is 5.56 Å². The van der Waals surface area contributed by atoms with E-state index in [1.54, 1.807) is 30.2 Å². The highest BCUT2D eigenvalue weighted by Gasteiger charge is 2.45. The van der Waals surface area contributed by atoms with E-state index in [1.807, 2.05) is 50.2 Å². The number of hydrogen-bond donors (Lipinski definition) is 1. The number of ketones is 1. The van der Waals surface area contributed by atoms with Crippen molar-refractivity contribution in [1.82, 2.24) is 9.80 Å². The molecule has 3 rings (SSSR count). The number of aliphatic hydroxyl groups excluding tert-OH is 1. The van der Waals surface area contributed by atoms with Crippen molar-refractivity contribution in [2.24, 2.45) is 0 Å². The predicted molar refractivity (Wildman–Crippen MR) is 126 cm³/mol. The van der Waals surface area contributed by atoms with Crippen LogP contribution in [0.5, 0.6) is 5.75 Å². The summed E-state index contributed by atoms with van der Waals surface area (Å²) in [4.78, 5) is 29.8. The topological polar surface area (TPSA) is 70.1 Å². The molecule has 0 unspecified atom stereocenters. The van der Waals surface area contributed by atoms with Gasteiger partial charge in [-0.05, 0) is 75.3 Å². The van der Waals surface area contributed by atoms with Gasteiger partial charge in [0.25, 0.3) is 11.7 Å². The van der Waals surface area contributed by atoms with Crippen molar-refractivity contribution in [3.63, 3.8) is 0 Å². The van der Waals surface area contributed by atoms with E-state index in [0.717, 1.165) is 30.5 Å². The molecular weight excluding hydrogens is 404 g/mol. The Kier molecular flexibility index (Phi) is 7.36. The second-order valence-corrected chi connectivity index (χ2v) is 8.43. The van der Waals surface area contributed by atoms with E-state index in [9.17, 15) is 14.7 Å². The summed E-state index contributed by atoms with van der Waals surface area (Å²) in [5, 5.41) is 11.2. The van der Waals surface area contributed by atoms with Gasteiger partial charge in [-0.3, -0.25) is 9.59 Å². The van der Waals surface area contributed by atoms with Crippen LogP contribution in [0, 0.1) is 6.92 Å². The molecule has 1 atom stereocenters. The van der Waals surface area contributed by atoms with Crippen LogP contribution in [0.15, 0.2) is 48.0 Å². The average molecular weight is 437 g/mol. The van der Waals surface area contributed by atoms with Crippen molar-refractivity contribution in [2.75, 3.05) is 34.3 Å². The number of rotatable bonds is 8. The fourth-order valence-corrected chi connectivity index (χ4v) is 4.12. The number of carbonyl (C=O) groups is 2. The Balaban J connectivity index is 2.11. The zero-order valence-corrected chi connectivity index (χ0v) is 19.5. The molecule has 0 radical (unpaired) electrons. The Morgan fingerprint density at radius 3 is 2.38 bits per heavy atom. The number of aryl methyl sites for hydroxylation is 2. The number of methoxy groups -OCH3 is 1. The largest absolute Gasteiger partial charge is 0.507 e. The van der Waals surface area contributed by atoms with Gasteiger partial charge in [0, 0.05) is 12.1 Å². The van der Waals surface area contributed by atoms with Gasteiger partial charge in [-0.15, -0.1) is 0 Å². The summed E-state index contributed by atoms with van der Waals surface area (Å²) >= 11 is 0. The van der Waals surface area contributed by atoms with Crippen LogP contribution in [-0.4, -0.2) is 60.9 Å². The third-order valence-electron chi connectivity index (χ3n) is 5.94. The second kappa shape index (κ2) is 10.0. The van der Waals surface area contributed by atoms with Crippen molar-refractivity contribution in [1.29, 1.82) is 0 Å². The van der Waals surface area contributed by atoms with E-state index in [2.05, 4.69) is 6.92 Å². The lowest BCUT2D eigenvalue weighted by molar-refractivity contribution is -0.139. The first-order valence-electron chi connectivity index (χ1n) is 11.0. The van der Waals surface area contributed by atoms with Crippen molar-refractivity contribution in [2.45, 2.75) is 32.7 Å². The van der Waals surface area contributed by atoms with E-state index < -0.39 is 17.7 Å². The molecule has 1 amide bonds. The first-order chi connectivity index (χ1) is 15.3. The molecule has 0 spiro atoms. The van der Waals surface area contributed by atoms with Crippen LogP contribution >= 0.6 is 0 Å². The van der Waals surface area contributed by atoms with Gasteiger partial charge in [0.2, 0.25) is 0 Å². The summed E-state index contributed by atoms with van der Waals surface area (Å²) in [5.74, 6) is -0.703. The molecule has 32 heavy (non-hydrogen) atoms. The van der Waals surface area contributed by atoms with Crippen LogP contribution in [0.3, 0.4) is 0 Å². The van der Waals surface area contributed by atoms with Crippen LogP contribution in [-0.2, 0) is 16.0 Å². The normalized spacial score (nSPS) is 17.9. The molecule has 6 nitrogen and oxygen atoms in total. The highest BCUT2D eigenvalue weighted by Crippen LogP contribution is 2.40. The van der Waals surface area contributed by atoms with Crippen molar-refractivity contribution in [3.8, 4) is 5.75 Å². The highest BCUT2D eigenvalue weighted by atomic mass is 16.5. The molecule has 0 saturated carbocycles. The first kappa shape index (κ1) is 23.5. The van der Waals surface area contributed by atoms with E-state index >= 15 is 0 Å². The molecule has 1 N–H and O–H groups in total. The minimum Gasteiger partial charge on any atom is -0.507 e. The Bertz CT molecular complexity index is 1020. The molecular formula is C26H32N2O4. The van der Waals surface area contributed by atoms with Gasteiger partial charge < -0.3 is 19.6 Å². The smallest absolute Gasteiger partial charge is 0.295 e. The number of ether oxygens (including phenoxy) is 1. The van der Waals surface area contributed by atoms with Gasteiger partial charge in [0.05, 0.1) is 18.7 Å². The zero-order valence-electron chi connectivity index (χ0n) is 19.5. The number of Topliss-reactive ketones (excluding diaryl/α,β-unsaturated/α-hetero) is 1. The fourth-order valence-electron chi connectivity index (χ4n) is 4.12. The SMILES string of the molecule is CCc1ccc([C@@H]2/C(=C(\O)c3ccc(OC)cc3C)C(=O)C(=O)N2CCCN(C)C)cc1. The Morgan fingerprint density at radius 2 is 1.81 bits per heavy atom. The number of aliphatic hydroxyl groups is 1. The van der Waals surface area contributed by atoms with Crippen LogP contribution in [0.1, 0.15) is 41.6 Å². The summed E-state index contributed by atoms with van der Waals surface area (Å²) in [6.07, 6.45) is 1.62. The summed E-state index contributed by atoms with van der Waals surface area (Å²) in [6.45, 7) is 5.15. The third-order valence-corrected chi connectivity index (χ3v) is 5.94. The Hall–Kier alpha value is -3.12. The number of hydrogen-bond acceptors (Lipinski definition) is 5. The molecule has 0 aromatic heterocycles. The van der Waals surface area contributed by atoms with Gasteiger partial charge in [0.1, 0.15) is 11.5 Å². The van der Waals surface area contributed by atoms with Crippen LogP contribution in [0.2, 0.25) is 0 Å². The molecule has 1 aliphatic rings. The van der Waals surface area contributed by atoms with Crippen molar-refractivity contribution < 1.29 is 19.4 Å². The van der Waals surface area contributed by atoms with E-state index in [4.69, 9.17) is 4.74 Å². The first-order valence-corrected chi connectivity index (χ1v) is 11.0. The minimum absolute atomic E-state index is 0.136. The van der Waals surface area contributed by atoms with Crippen LogP contribution in [0.25, 0.3) is 5.76 Å². The van der Waals surface area contributed by atoms with Gasteiger partial charge >= 0.3 is 0 Å². The molecule has 0 aliphatic carbocycles. The maximum Gasteiger partial charge on any atom is 0.295 e. The standard InChI is InChI=1S/C26H32N2O4/c1-6-18-8-10-19(11-9-18)23-22(24(29)21-13-12-20(32-5)16-17(21)2)25(30)26(31)28(23)15-7-14-27(3)4/h8-13,16,23,29H,6-7,14-15H2,1-5H3/b24-22+/t23-/m1/s1. The molecule has 6 heteroatoms. The average Bonchev–Trinajstić information content (AvgIpc) is 3.03. The summed E-state index contributed by atoms with van der Waals surface area (Å²) in [6, 6.07) is 12.5. The Morgan fingerprint density at radius 1 is 1.12 bits per heavy atom. The fraction of sp³-hybridized carbons (Fsp3) is 0.385. The number of benzene rings is 2. The Labute approximate surface area is 190 Å². The van der Waals surface area contributed by atoms with Crippen molar-refractivity contribution in [3.05, 3.63) is 70.3 Å². The molecule has 1 fully saturated rings. The molecule has 2 aromatic carbocycles. The van der Waals surface area contributed by atoms with Gasteiger partial charge in [-0.2, -0.15) is 0 Å². The van der Waals surface area contributed by atoms with Crippen molar-refractivity contribution >= 4 is 17.4 Å². The third kappa shape index (κ3) is 4.70. The second-order valence-electron chi connectivity index (χ2n) is 8.43. The zero-order chi connectivity index (χ0) is 23.4. The number of amides is 1. The molecule has 1 saturated heterocycles. The molecule has 0 bridgehead atoms. The lowest BCUT2D eigenvalue weighted by atomic mass is 9.93. The van der Waals surface area contributed by atoms with E-state index in [0.29, 0.717) is 17.9 Å². The maximum atomic E-state index is 13.1. The summed E-state index contributed by atoms with van der Waals surface area (Å²) in [5.41, 5.74) is 3.41. The van der Waals surface area contributed by atoms with Gasteiger partial charge in [0.15, 0.2) is 0 Å². The number of likely N-dealkylation sites (tertiary alicyclic amines) is 1. The summed E-state index contributed by atoms with van der Waals surface area (Å²) in [7, 11) is 5.52. The molecule has 2 aromatic rings. The quantitative estimate of drug-likeness (QED) is 0.386. The van der Waals surface area contributed by atoms with Crippen LogP contribution in [0.4, 0.5) is 0 Å². The number of carbonyl (C=O) groups excluding carboxylic acids is 2. The lowest BCUT2D eigenvalue weighted by Crippen LogP contribution is -2.32. The predicted octanol–water partition coefficient (Wildman–Crippen LogP) is 3.94. The number of nitrogens with zero attached hydrogens (tertiary/aromatic N) is 2. The minimum atomic E-state index is -0.646. The highest BCUT2D eigenvalue weighted by molar-refractivity contribution is 6.46. The summed E-state index contributed by atoms with van der Waals surface area (Å²) < 4.78 is 5.26. The van der Waals surface area contributed by atoms with E-state index in [-0.39, 0.29) is 11.3 Å². The molecule has 1 aliphatic heterocycles. The monoisotopic (exact) mass is 436 g/mol. The maximum absolute atomic E-state index is 13.1.